The minimum absolute atomic E-state index is 0.0768. The summed E-state index contributed by atoms with van der Waals surface area (Å²) in [6.45, 7) is 0. The Morgan fingerprint density at radius 1 is 0.833 bits per heavy atom. The summed E-state index contributed by atoms with van der Waals surface area (Å²) in [4.78, 5) is 11.2. The van der Waals surface area contributed by atoms with Crippen molar-refractivity contribution >= 4 is 5.91 Å². The van der Waals surface area contributed by atoms with E-state index < -0.39 is 0 Å². The minimum atomic E-state index is -0.0768. The summed E-state index contributed by atoms with van der Waals surface area (Å²) < 4.78 is 0. The zero-order chi connectivity index (χ0) is 13.6. The maximum atomic E-state index is 11.2. The van der Waals surface area contributed by atoms with Gasteiger partial charge in [-0.2, -0.15) is 0 Å². The molecule has 1 rings (SSSR count). The van der Waals surface area contributed by atoms with Crippen LogP contribution in [0.1, 0.15) is 70.6 Å². The van der Waals surface area contributed by atoms with E-state index in [1.807, 2.05) is 0 Å². The summed E-state index contributed by atoms with van der Waals surface area (Å²) >= 11 is 0.500. The van der Waals surface area contributed by atoms with E-state index in [4.69, 9.17) is 5.73 Å². The monoisotopic (exact) mass is 289 g/mol. The normalized spacial score (nSPS) is 19.7. The Morgan fingerprint density at radius 3 is 1.39 bits per heavy atom. The van der Waals surface area contributed by atoms with Gasteiger partial charge in [-0.05, 0) is 12.8 Å². The fourth-order valence-electron chi connectivity index (χ4n) is 2.45. The van der Waals surface area contributed by atoms with E-state index in [0.717, 1.165) is 12.8 Å². The van der Waals surface area contributed by atoms with Crippen molar-refractivity contribution in [3.8, 4) is 0 Å². The van der Waals surface area contributed by atoms with Gasteiger partial charge in [-0.15, -0.1) is 0 Å². The van der Waals surface area contributed by atoms with Crippen molar-refractivity contribution < 1.29 is 23.9 Å². The Morgan fingerprint density at radius 2 is 1.11 bits per heavy atom. The molecule has 0 aliphatic heterocycles. The van der Waals surface area contributed by atoms with Crippen LogP contribution in [0, 0.1) is 5.92 Å². The van der Waals surface area contributed by atoms with Gasteiger partial charge in [0.15, 0.2) is 0 Å². The van der Waals surface area contributed by atoms with Gasteiger partial charge in [-0.1, -0.05) is 57.8 Å². The molecule has 0 aromatic heterocycles. The van der Waals surface area contributed by atoms with Crippen LogP contribution in [0.3, 0.4) is 0 Å². The number of hydrogen-bond donors (Lipinski definition) is 1. The van der Waals surface area contributed by atoms with Gasteiger partial charge >= 0.3 is 29.6 Å². The van der Waals surface area contributed by atoms with Crippen molar-refractivity contribution in [3.05, 3.63) is 0 Å². The summed E-state index contributed by atoms with van der Waals surface area (Å²) in [5.41, 5.74) is 5.41. The van der Waals surface area contributed by atoms with Crippen molar-refractivity contribution in [2.45, 2.75) is 81.1 Å². The summed E-state index contributed by atoms with van der Waals surface area (Å²) in [7, 11) is 0. The van der Waals surface area contributed by atoms with E-state index in [1.54, 1.807) is 0 Å². The Balaban J connectivity index is 0.000000873. The molecular formula is C15H31NOTi. The summed E-state index contributed by atoms with van der Waals surface area (Å²) in [6.07, 6.45) is 13.8. The van der Waals surface area contributed by atoms with Crippen molar-refractivity contribution in [2.75, 3.05) is 0 Å². The predicted molar refractivity (Wildman–Crippen MR) is 75.2 cm³/mol. The second-order valence-electron chi connectivity index (χ2n) is 5.36. The standard InChI is InChI=1S/C13H25NO.2CH3.Ti/c14-13(15)12-10-8-6-4-2-1-3-5-7-9-11-12;;;/h12H,1-11H2,(H2,14,15);2*1H3;. The quantitative estimate of drug-likeness (QED) is 0.707. The van der Waals surface area contributed by atoms with Gasteiger partial charge in [0.05, 0.1) is 0 Å². The molecular weight excluding hydrogens is 258 g/mol. The van der Waals surface area contributed by atoms with Crippen LogP contribution < -0.4 is 5.73 Å². The number of primary amides is 1. The Bertz CT molecular complexity index is 185. The fraction of sp³-hybridized carbons (Fsp3) is 0.933. The number of carbonyl (C=O) groups is 1. The van der Waals surface area contributed by atoms with Gasteiger partial charge in [0.2, 0.25) is 5.91 Å². The number of nitrogens with two attached hydrogens (primary N) is 1. The SMILES string of the molecule is NC(=O)C1CCCCCCCCCCC1.[CH3][Ti][CH3]. The van der Waals surface area contributed by atoms with Crippen LogP contribution in [0.2, 0.25) is 10.5 Å². The molecule has 0 spiro atoms. The molecule has 0 saturated heterocycles. The Labute approximate surface area is 122 Å². The van der Waals surface area contributed by atoms with Crippen molar-refractivity contribution in [3.63, 3.8) is 0 Å². The molecule has 1 aliphatic rings. The number of amides is 1. The molecule has 3 heteroatoms. The predicted octanol–water partition coefficient (Wildman–Crippen LogP) is 4.56. The van der Waals surface area contributed by atoms with Gasteiger partial charge in [0.25, 0.3) is 0 Å². The van der Waals surface area contributed by atoms with Gasteiger partial charge in [-0.25, -0.2) is 0 Å². The van der Waals surface area contributed by atoms with Crippen LogP contribution in [0.4, 0.5) is 0 Å². The van der Waals surface area contributed by atoms with E-state index in [9.17, 15) is 4.79 Å². The van der Waals surface area contributed by atoms with Crippen LogP contribution in [-0.4, -0.2) is 5.91 Å². The van der Waals surface area contributed by atoms with Crippen LogP contribution in [-0.2, 0) is 23.9 Å². The van der Waals surface area contributed by atoms with Gasteiger partial charge in [0, 0.05) is 5.92 Å². The molecule has 1 saturated carbocycles. The fourth-order valence-corrected chi connectivity index (χ4v) is 2.45. The van der Waals surface area contributed by atoms with Gasteiger partial charge in [0.1, 0.15) is 0 Å². The molecule has 1 fully saturated rings. The molecule has 0 heterocycles. The summed E-state index contributed by atoms with van der Waals surface area (Å²) in [5, 5.41) is 4.50. The van der Waals surface area contributed by atoms with E-state index in [0.29, 0.717) is 19.2 Å². The molecule has 1 amide bonds. The van der Waals surface area contributed by atoms with Crippen LogP contribution in [0.15, 0.2) is 0 Å². The van der Waals surface area contributed by atoms with Crippen LogP contribution in [0.25, 0.3) is 0 Å². The third-order valence-corrected chi connectivity index (χ3v) is 3.51. The van der Waals surface area contributed by atoms with Crippen molar-refractivity contribution in [1.82, 2.24) is 0 Å². The average Bonchev–Trinajstić information content (AvgIpc) is 2.30. The molecule has 2 nitrogen and oxygen atoms in total. The van der Waals surface area contributed by atoms with E-state index in [2.05, 4.69) is 10.5 Å². The molecule has 0 unspecified atom stereocenters. The number of hydrogen-bond acceptors (Lipinski definition) is 1. The molecule has 0 radical (unpaired) electrons. The molecule has 1 aliphatic carbocycles. The van der Waals surface area contributed by atoms with E-state index >= 15 is 0 Å². The first-order valence-corrected chi connectivity index (χ1v) is 10.7. The number of carbonyl (C=O) groups excluding carboxylic acids is 1. The van der Waals surface area contributed by atoms with Gasteiger partial charge < -0.3 is 5.73 Å². The van der Waals surface area contributed by atoms with Crippen LogP contribution in [0.5, 0.6) is 0 Å². The second kappa shape index (κ2) is 13.6. The van der Waals surface area contributed by atoms with E-state index in [1.165, 1.54) is 57.8 Å². The Hall–Kier alpha value is 0.184. The summed E-state index contributed by atoms with van der Waals surface area (Å²) in [6, 6.07) is 0. The zero-order valence-electron chi connectivity index (χ0n) is 12.3. The van der Waals surface area contributed by atoms with Crippen LogP contribution >= 0.6 is 0 Å². The van der Waals surface area contributed by atoms with E-state index in [-0.39, 0.29) is 11.8 Å². The van der Waals surface area contributed by atoms with Crippen molar-refractivity contribution in [1.29, 1.82) is 0 Å². The molecule has 106 valence electrons. The molecule has 18 heavy (non-hydrogen) atoms. The first-order valence-electron chi connectivity index (χ1n) is 7.60. The molecule has 2 N–H and O–H groups in total. The third kappa shape index (κ3) is 11.3. The summed E-state index contributed by atoms with van der Waals surface area (Å²) in [5.74, 6) is 0.0801. The zero-order valence-corrected chi connectivity index (χ0v) is 13.9. The Kier molecular flexibility index (Phi) is 13.8. The molecule has 0 bridgehead atoms. The molecule has 0 aromatic rings. The topological polar surface area (TPSA) is 43.1 Å². The first-order chi connectivity index (χ1) is 8.72. The second-order valence-corrected chi connectivity index (χ2v) is 6.92. The first kappa shape index (κ1) is 18.2. The average molecular weight is 289 g/mol. The maximum absolute atomic E-state index is 11.2. The molecule has 0 atom stereocenters. The van der Waals surface area contributed by atoms with Crippen molar-refractivity contribution in [2.24, 2.45) is 11.7 Å². The van der Waals surface area contributed by atoms with Gasteiger partial charge in [-0.3, -0.25) is 4.79 Å². The third-order valence-electron chi connectivity index (χ3n) is 3.51. The number of rotatable bonds is 1. The molecule has 0 aromatic carbocycles.